The third-order valence-corrected chi connectivity index (χ3v) is 7.03. The van der Waals surface area contributed by atoms with Crippen LogP contribution in [0.3, 0.4) is 0 Å². The van der Waals surface area contributed by atoms with Crippen LogP contribution in [-0.4, -0.2) is 47.3 Å². The fourth-order valence-corrected chi connectivity index (χ4v) is 4.87. The summed E-state index contributed by atoms with van der Waals surface area (Å²) in [5, 5.41) is 12.0. The number of carbonyl (C=O) groups is 1. The Morgan fingerprint density at radius 1 is 1.33 bits per heavy atom. The highest BCUT2D eigenvalue weighted by atomic mass is 19.1. The van der Waals surface area contributed by atoms with E-state index in [2.05, 4.69) is 19.2 Å². The first kappa shape index (κ1) is 25.8. The van der Waals surface area contributed by atoms with E-state index in [1.54, 1.807) is 12.1 Å². The summed E-state index contributed by atoms with van der Waals surface area (Å²) in [5.41, 5.74) is 4.75. The molecule has 4 rings (SSSR count). The molecule has 1 unspecified atom stereocenters. The molecule has 2 aliphatic carbocycles. The minimum atomic E-state index is -0.536. The van der Waals surface area contributed by atoms with Gasteiger partial charge in [-0.3, -0.25) is 4.79 Å². The molecular formula is C28H35FN4O3. The summed E-state index contributed by atoms with van der Waals surface area (Å²) in [6.07, 6.45) is 6.48. The largest absolute Gasteiger partial charge is 0.495 e. The highest BCUT2D eigenvalue weighted by molar-refractivity contribution is 5.96. The van der Waals surface area contributed by atoms with Crippen LogP contribution < -0.4 is 10.2 Å². The van der Waals surface area contributed by atoms with Gasteiger partial charge in [-0.25, -0.2) is 14.4 Å². The van der Waals surface area contributed by atoms with Gasteiger partial charge in [0, 0.05) is 35.5 Å². The lowest BCUT2D eigenvalue weighted by atomic mass is 9.87. The third kappa shape index (κ3) is 5.43. The van der Waals surface area contributed by atoms with Gasteiger partial charge >= 0.3 is 0 Å². The topological polar surface area (TPSA) is 87.6 Å². The van der Waals surface area contributed by atoms with E-state index in [9.17, 15) is 14.3 Å². The summed E-state index contributed by atoms with van der Waals surface area (Å²) in [7, 11) is 1.87. The van der Waals surface area contributed by atoms with Crippen LogP contribution in [0.1, 0.15) is 57.1 Å². The van der Waals surface area contributed by atoms with E-state index >= 15 is 0 Å². The van der Waals surface area contributed by atoms with Crippen LogP contribution in [0.2, 0.25) is 0 Å². The zero-order chi connectivity index (χ0) is 25.8. The molecule has 2 aromatic rings. The van der Waals surface area contributed by atoms with Gasteiger partial charge in [-0.2, -0.15) is 0 Å². The number of aliphatic hydroxyl groups is 1. The van der Waals surface area contributed by atoms with Crippen molar-refractivity contribution in [2.45, 2.75) is 58.9 Å². The maximum atomic E-state index is 13.6. The lowest BCUT2D eigenvalue weighted by molar-refractivity contribution is -0.117. The summed E-state index contributed by atoms with van der Waals surface area (Å²) >= 11 is 0. The van der Waals surface area contributed by atoms with E-state index in [0.717, 1.165) is 60.5 Å². The van der Waals surface area contributed by atoms with Gasteiger partial charge < -0.3 is 20.1 Å². The van der Waals surface area contributed by atoms with Crippen LogP contribution in [0.5, 0.6) is 0 Å². The summed E-state index contributed by atoms with van der Waals surface area (Å²) in [4.78, 5) is 24.9. The summed E-state index contributed by atoms with van der Waals surface area (Å²) < 4.78 is 19.4. The van der Waals surface area contributed by atoms with Gasteiger partial charge in [0.15, 0.2) is 5.82 Å². The maximum Gasteiger partial charge on any atom is 0.246 e. The van der Waals surface area contributed by atoms with Crippen molar-refractivity contribution >= 4 is 23.0 Å². The number of ether oxygens (including phenoxy) is 1. The standard InChI is InChI=1S/C28H35FN4O3/c1-5-19-14-17(2)25(36-13-12-34)16-23(19)26-31-24-11-7-10-22(24)27(32-26)33(4)18(3)28(35)30-21-9-6-8-20(29)15-21/h6,8-9,15-18,34H,5,7,10-14H2,1-4H3,(H,30,35)/t17?,18-/m1/s1. The number of aromatic nitrogens is 2. The predicted octanol–water partition coefficient (Wildman–Crippen LogP) is 4.66. The Morgan fingerprint density at radius 3 is 2.86 bits per heavy atom. The fraction of sp³-hybridized carbons (Fsp3) is 0.464. The van der Waals surface area contributed by atoms with Crippen molar-refractivity contribution in [3.63, 3.8) is 0 Å². The Kier molecular flexibility index (Phi) is 8.04. The monoisotopic (exact) mass is 494 g/mol. The molecule has 0 fully saturated rings. The number of anilines is 2. The minimum Gasteiger partial charge on any atom is -0.495 e. The lowest BCUT2D eigenvalue weighted by Crippen LogP contribution is -2.40. The number of nitrogens with one attached hydrogen (secondary N) is 1. The van der Waals surface area contributed by atoms with Crippen molar-refractivity contribution in [1.29, 1.82) is 0 Å². The Labute approximate surface area is 212 Å². The van der Waals surface area contributed by atoms with Crippen molar-refractivity contribution in [3.8, 4) is 0 Å². The highest BCUT2D eigenvalue weighted by Crippen LogP contribution is 2.37. The van der Waals surface area contributed by atoms with E-state index in [1.165, 1.54) is 17.7 Å². The average Bonchev–Trinajstić information content (AvgIpc) is 3.35. The predicted molar refractivity (Wildman–Crippen MR) is 139 cm³/mol. The molecule has 0 spiro atoms. The third-order valence-electron chi connectivity index (χ3n) is 7.03. The zero-order valence-electron chi connectivity index (χ0n) is 21.5. The van der Waals surface area contributed by atoms with E-state index in [0.29, 0.717) is 11.5 Å². The van der Waals surface area contributed by atoms with Crippen LogP contribution in [0.4, 0.5) is 15.9 Å². The molecule has 192 valence electrons. The van der Waals surface area contributed by atoms with E-state index in [4.69, 9.17) is 14.7 Å². The number of hydrogen-bond acceptors (Lipinski definition) is 6. The second-order valence-electron chi connectivity index (χ2n) is 9.53. The molecule has 1 amide bonds. The molecule has 1 aromatic carbocycles. The fourth-order valence-electron chi connectivity index (χ4n) is 4.87. The number of halogens is 1. The Bertz CT molecular complexity index is 1190. The zero-order valence-corrected chi connectivity index (χ0v) is 21.5. The van der Waals surface area contributed by atoms with Crippen molar-refractivity contribution in [3.05, 3.63) is 64.6 Å². The number of amides is 1. The first-order valence-electron chi connectivity index (χ1n) is 12.7. The molecule has 0 bridgehead atoms. The second kappa shape index (κ2) is 11.2. The van der Waals surface area contributed by atoms with E-state index in [1.807, 2.05) is 24.9 Å². The number of aliphatic hydroxyl groups excluding tert-OH is 1. The van der Waals surface area contributed by atoms with Crippen LogP contribution in [0.25, 0.3) is 5.57 Å². The smallest absolute Gasteiger partial charge is 0.246 e. The molecule has 2 N–H and O–H groups in total. The number of carbonyl (C=O) groups excluding carboxylic acids is 1. The first-order chi connectivity index (χ1) is 17.3. The molecule has 0 radical (unpaired) electrons. The molecule has 1 aromatic heterocycles. The van der Waals surface area contributed by atoms with Crippen LogP contribution in [0, 0.1) is 11.7 Å². The number of hydrogen-bond donors (Lipinski definition) is 2. The van der Waals surface area contributed by atoms with Crippen LogP contribution >= 0.6 is 0 Å². The minimum absolute atomic E-state index is 0.0381. The summed E-state index contributed by atoms with van der Waals surface area (Å²) in [6, 6.07) is 5.34. The van der Waals surface area contributed by atoms with Crippen molar-refractivity contribution in [1.82, 2.24) is 9.97 Å². The SMILES string of the molecule is CCC1=C(c2nc3c(c(N(C)[C@H](C)C(=O)Nc4cccc(F)c4)n2)CCC3)C=C(OCCO)C(C)C1. The second-order valence-corrected chi connectivity index (χ2v) is 9.53. The molecule has 36 heavy (non-hydrogen) atoms. The van der Waals surface area contributed by atoms with Gasteiger partial charge in [0.05, 0.1) is 12.4 Å². The van der Waals surface area contributed by atoms with E-state index < -0.39 is 11.9 Å². The highest BCUT2D eigenvalue weighted by Gasteiger charge is 2.29. The maximum absolute atomic E-state index is 13.6. The van der Waals surface area contributed by atoms with Gasteiger partial charge in [0.1, 0.15) is 24.3 Å². The van der Waals surface area contributed by atoms with Crippen LogP contribution in [-0.2, 0) is 22.4 Å². The lowest BCUT2D eigenvalue weighted by Gasteiger charge is -2.28. The molecule has 1 heterocycles. The quantitative estimate of drug-likeness (QED) is 0.527. The van der Waals surface area contributed by atoms with Gasteiger partial charge in [-0.1, -0.05) is 25.5 Å². The average molecular weight is 495 g/mol. The number of fused-ring (bicyclic) bond motifs is 1. The molecule has 0 aliphatic heterocycles. The Hall–Kier alpha value is -3.26. The van der Waals surface area contributed by atoms with Gasteiger partial charge in [-0.15, -0.1) is 0 Å². The van der Waals surface area contributed by atoms with Crippen LogP contribution in [0.15, 0.2) is 41.7 Å². The molecule has 0 saturated carbocycles. The molecular weight excluding hydrogens is 459 g/mol. The van der Waals surface area contributed by atoms with Crippen molar-refractivity contribution in [2.75, 3.05) is 30.5 Å². The number of rotatable bonds is 9. The van der Waals surface area contributed by atoms with Gasteiger partial charge in [0.2, 0.25) is 5.91 Å². The van der Waals surface area contributed by atoms with Gasteiger partial charge in [0.25, 0.3) is 0 Å². The number of nitrogens with zero attached hydrogens (tertiary/aromatic N) is 3. The van der Waals surface area contributed by atoms with Crippen molar-refractivity contribution < 1.29 is 19.0 Å². The van der Waals surface area contributed by atoms with Crippen molar-refractivity contribution in [2.24, 2.45) is 5.92 Å². The number of benzene rings is 1. The Morgan fingerprint density at radius 2 is 2.14 bits per heavy atom. The molecule has 0 saturated heterocycles. The molecule has 8 heteroatoms. The molecule has 2 atom stereocenters. The normalized spacial score (nSPS) is 17.9. The van der Waals surface area contributed by atoms with Gasteiger partial charge in [-0.05, 0) is 63.3 Å². The van der Waals surface area contributed by atoms with E-state index in [-0.39, 0.29) is 25.0 Å². The summed E-state index contributed by atoms with van der Waals surface area (Å²) in [5.74, 6) is 1.81. The number of likely N-dealkylation sites (N-methyl/N-ethyl adjacent to an activating group) is 1. The summed E-state index contributed by atoms with van der Waals surface area (Å²) in [6.45, 7) is 6.29. The molecule has 2 aliphatic rings. The Balaban J connectivity index is 1.67. The first-order valence-corrected chi connectivity index (χ1v) is 12.7. The number of allylic oxidation sites excluding steroid dienone is 4. The molecule has 7 nitrogen and oxygen atoms in total. The number of aryl methyl sites for hydroxylation is 1.